The third-order valence-electron chi connectivity index (χ3n) is 3.99. The number of hydrogen-bond donors (Lipinski definition) is 0. The molecule has 5 rings (SSSR count). The van der Waals surface area contributed by atoms with E-state index in [-0.39, 0.29) is 0 Å². The lowest BCUT2D eigenvalue weighted by atomic mass is 10.1. The van der Waals surface area contributed by atoms with E-state index < -0.39 is 0 Å². The molecule has 23 heavy (non-hydrogen) atoms. The Morgan fingerprint density at radius 3 is 2.48 bits per heavy atom. The molecule has 0 aliphatic carbocycles. The molecule has 3 nitrogen and oxygen atoms in total. The fourth-order valence-corrected chi connectivity index (χ4v) is 3.16. The van der Waals surface area contributed by atoms with E-state index in [0.717, 1.165) is 33.0 Å². The van der Waals surface area contributed by atoms with Crippen LogP contribution < -0.4 is 0 Å². The van der Waals surface area contributed by atoms with Crippen molar-refractivity contribution in [1.29, 1.82) is 0 Å². The minimum absolute atomic E-state index is 0.596. The number of nitrogens with zero attached hydrogens (tertiary/aromatic N) is 1. The molecule has 0 radical (unpaired) electrons. The van der Waals surface area contributed by atoms with Gasteiger partial charge >= 0.3 is 0 Å². The third-order valence-corrected chi connectivity index (χ3v) is 4.29. The van der Waals surface area contributed by atoms with Crippen LogP contribution in [0, 0.1) is 0 Å². The summed E-state index contributed by atoms with van der Waals surface area (Å²) in [5, 5.41) is 2.48. The van der Waals surface area contributed by atoms with Crippen LogP contribution >= 0.6 is 11.6 Å². The van der Waals surface area contributed by atoms with E-state index in [0.29, 0.717) is 16.5 Å². The summed E-state index contributed by atoms with van der Waals surface area (Å²) in [5.41, 5.74) is 3.92. The highest BCUT2D eigenvalue weighted by atomic mass is 35.5. The zero-order chi connectivity index (χ0) is 15.4. The summed E-state index contributed by atoms with van der Waals surface area (Å²) in [6.07, 6.45) is 0. The summed E-state index contributed by atoms with van der Waals surface area (Å²) < 4.78 is 11.8. The highest BCUT2D eigenvalue weighted by molar-refractivity contribution is 6.36. The van der Waals surface area contributed by atoms with Crippen LogP contribution in [0.15, 0.2) is 69.5 Å². The maximum atomic E-state index is 6.24. The van der Waals surface area contributed by atoms with Crippen molar-refractivity contribution in [2.75, 3.05) is 0 Å². The molecule has 0 saturated carbocycles. The van der Waals surface area contributed by atoms with Gasteiger partial charge in [-0.1, -0.05) is 41.9 Å². The number of benzene rings is 3. The molecular formula is C19H10ClNO2. The summed E-state index contributed by atoms with van der Waals surface area (Å²) in [6, 6.07) is 19.4. The number of aromatic nitrogens is 1. The standard InChI is InChI=1S/C19H10ClNO2/c20-13-8-4-7-12-16-14(22-18(12)13)9-10-15-17(16)21-19(23-15)11-5-2-1-3-6-11/h1-10H. The SMILES string of the molecule is Clc1cccc2c1oc1ccc3oc(-c4ccccc4)nc3c12. The Kier molecular flexibility index (Phi) is 2.55. The van der Waals surface area contributed by atoms with Crippen LogP contribution in [-0.2, 0) is 0 Å². The Morgan fingerprint density at radius 1 is 0.783 bits per heavy atom. The zero-order valence-electron chi connectivity index (χ0n) is 11.9. The Hall–Kier alpha value is -2.78. The molecule has 0 spiro atoms. The molecule has 4 heteroatoms. The molecule has 0 aliphatic rings. The predicted octanol–water partition coefficient (Wildman–Crippen LogP) is 6.05. The van der Waals surface area contributed by atoms with Crippen LogP contribution in [0.1, 0.15) is 0 Å². The molecular weight excluding hydrogens is 310 g/mol. The van der Waals surface area contributed by atoms with Crippen LogP contribution in [0.25, 0.3) is 44.5 Å². The monoisotopic (exact) mass is 319 g/mol. The minimum Gasteiger partial charge on any atom is -0.454 e. The van der Waals surface area contributed by atoms with E-state index in [1.54, 1.807) is 0 Å². The second kappa shape index (κ2) is 4.61. The first-order chi connectivity index (χ1) is 11.3. The smallest absolute Gasteiger partial charge is 0.227 e. The summed E-state index contributed by atoms with van der Waals surface area (Å²) in [6.45, 7) is 0. The van der Waals surface area contributed by atoms with E-state index in [4.69, 9.17) is 25.4 Å². The topological polar surface area (TPSA) is 39.2 Å². The average Bonchev–Trinajstić information content (AvgIpc) is 3.17. The van der Waals surface area contributed by atoms with Crippen LogP contribution in [-0.4, -0.2) is 4.98 Å². The molecule has 0 N–H and O–H groups in total. The molecule has 0 saturated heterocycles. The van der Waals surface area contributed by atoms with Gasteiger partial charge in [-0.15, -0.1) is 0 Å². The van der Waals surface area contributed by atoms with Crippen molar-refractivity contribution in [3.63, 3.8) is 0 Å². The van der Waals surface area contributed by atoms with E-state index in [9.17, 15) is 0 Å². The molecule has 0 bridgehead atoms. The Labute approximate surface area is 136 Å². The van der Waals surface area contributed by atoms with Gasteiger partial charge < -0.3 is 8.83 Å². The highest BCUT2D eigenvalue weighted by Crippen LogP contribution is 2.38. The summed E-state index contributed by atoms with van der Waals surface area (Å²) in [5.74, 6) is 0.601. The van der Waals surface area contributed by atoms with Crippen LogP contribution in [0.5, 0.6) is 0 Å². The summed E-state index contributed by atoms with van der Waals surface area (Å²) >= 11 is 6.24. The molecule has 0 unspecified atom stereocenters. The third kappa shape index (κ3) is 1.80. The van der Waals surface area contributed by atoms with Crippen molar-refractivity contribution >= 4 is 44.6 Å². The van der Waals surface area contributed by atoms with Gasteiger partial charge in [0.25, 0.3) is 0 Å². The quantitative estimate of drug-likeness (QED) is 0.377. The fourth-order valence-electron chi connectivity index (χ4n) is 2.94. The molecule has 5 aromatic rings. The molecule has 2 aromatic heterocycles. The number of halogens is 1. The first-order valence-electron chi connectivity index (χ1n) is 7.27. The first kappa shape index (κ1) is 12.7. The predicted molar refractivity (Wildman–Crippen MR) is 91.7 cm³/mol. The van der Waals surface area contributed by atoms with Crippen LogP contribution in [0.3, 0.4) is 0 Å². The van der Waals surface area contributed by atoms with Gasteiger partial charge in [-0.3, -0.25) is 0 Å². The van der Waals surface area contributed by atoms with Gasteiger partial charge in [0, 0.05) is 10.9 Å². The average molecular weight is 320 g/mol. The number of para-hydroxylation sites is 1. The normalized spacial score (nSPS) is 11.7. The molecule has 0 amide bonds. The lowest BCUT2D eigenvalue weighted by molar-refractivity contribution is 0.619. The molecule has 2 heterocycles. The second-order valence-electron chi connectivity index (χ2n) is 5.39. The van der Waals surface area contributed by atoms with Gasteiger partial charge in [-0.25, -0.2) is 4.98 Å². The fraction of sp³-hybridized carbons (Fsp3) is 0. The van der Waals surface area contributed by atoms with E-state index in [1.807, 2.05) is 60.7 Å². The summed E-state index contributed by atoms with van der Waals surface area (Å²) in [4.78, 5) is 4.69. The van der Waals surface area contributed by atoms with Gasteiger partial charge in [-0.05, 0) is 30.3 Å². The Balaban J connectivity index is 1.91. The van der Waals surface area contributed by atoms with E-state index in [1.165, 1.54) is 0 Å². The number of hydrogen-bond acceptors (Lipinski definition) is 3. The van der Waals surface area contributed by atoms with Gasteiger partial charge in [-0.2, -0.15) is 0 Å². The number of fused-ring (bicyclic) bond motifs is 5. The molecule has 3 aromatic carbocycles. The maximum absolute atomic E-state index is 6.24. The number of oxazole rings is 1. The number of rotatable bonds is 1. The van der Waals surface area contributed by atoms with Crippen molar-refractivity contribution < 1.29 is 8.83 Å². The largest absolute Gasteiger partial charge is 0.454 e. The minimum atomic E-state index is 0.596. The Bertz CT molecular complexity index is 1170. The lowest BCUT2D eigenvalue weighted by Crippen LogP contribution is -1.75. The van der Waals surface area contributed by atoms with Crippen molar-refractivity contribution in [3.05, 3.63) is 65.7 Å². The maximum Gasteiger partial charge on any atom is 0.227 e. The highest BCUT2D eigenvalue weighted by Gasteiger charge is 2.17. The van der Waals surface area contributed by atoms with Crippen molar-refractivity contribution in [2.45, 2.75) is 0 Å². The van der Waals surface area contributed by atoms with Crippen molar-refractivity contribution in [3.8, 4) is 11.5 Å². The van der Waals surface area contributed by atoms with Gasteiger partial charge in [0.05, 0.1) is 10.4 Å². The molecule has 0 aliphatic heterocycles. The van der Waals surface area contributed by atoms with Crippen molar-refractivity contribution in [2.24, 2.45) is 0 Å². The van der Waals surface area contributed by atoms with E-state index >= 15 is 0 Å². The van der Waals surface area contributed by atoms with Crippen LogP contribution in [0.4, 0.5) is 0 Å². The first-order valence-corrected chi connectivity index (χ1v) is 7.65. The number of furan rings is 1. The van der Waals surface area contributed by atoms with Gasteiger partial charge in [0.2, 0.25) is 5.89 Å². The lowest BCUT2D eigenvalue weighted by Gasteiger charge is -1.91. The Morgan fingerprint density at radius 2 is 1.61 bits per heavy atom. The van der Waals surface area contributed by atoms with Crippen LogP contribution in [0.2, 0.25) is 5.02 Å². The molecule has 0 atom stereocenters. The van der Waals surface area contributed by atoms with Gasteiger partial charge in [0.1, 0.15) is 11.1 Å². The van der Waals surface area contributed by atoms with E-state index in [2.05, 4.69) is 0 Å². The zero-order valence-corrected chi connectivity index (χ0v) is 12.7. The molecule has 0 fully saturated rings. The summed E-state index contributed by atoms with van der Waals surface area (Å²) in [7, 11) is 0. The van der Waals surface area contributed by atoms with Gasteiger partial charge in [0.15, 0.2) is 11.2 Å². The molecule has 110 valence electrons. The second-order valence-corrected chi connectivity index (χ2v) is 5.80. The van der Waals surface area contributed by atoms with Crippen molar-refractivity contribution in [1.82, 2.24) is 4.98 Å².